The Morgan fingerprint density at radius 1 is 1.19 bits per heavy atom. The smallest absolute Gasteiger partial charge is 0.335 e. The van der Waals surface area contributed by atoms with Crippen LogP contribution >= 0.6 is 0 Å². The molecule has 0 aliphatic rings. The molecule has 0 saturated carbocycles. The Hall–Kier alpha value is -2.32. The maximum absolute atomic E-state index is 14.2. The Morgan fingerprint density at radius 2 is 1.81 bits per heavy atom. The zero-order chi connectivity index (χ0) is 19.5. The number of carboxylic acids is 1. The number of carbonyl (C=O) groups is 1. The van der Waals surface area contributed by atoms with Gasteiger partial charge in [-0.05, 0) is 31.0 Å². The molecule has 140 valence electrons. The Kier molecular flexibility index (Phi) is 6.09. The van der Waals surface area contributed by atoms with Gasteiger partial charge in [0.15, 0.2) is 11.6 Å². The molecule has 0 radical (unpaired) electrons. The first kappa shape index (κ1) is 20.0. The van der Waals surface area contributed by atoms with Crippen LogP contribution in [-0.2, 0) is 16.6 Å². The topological polar surface area (TPSA) is 74.7 Å². The zero-order valence-corrected chi connectivity index (χ0v) is 15.1. The van der Waals surface area contributed by atoms with Crippen molar-refractivity contribution in [3.63, 3.8) is 0 Å². The monoisotopic (exact) mass is 383 g/mol. The molecule has 5 nitrogen and oxygen atoms in total. The van der Waals surface area contributed by atoms with Crippen LogP contribution in [0.15, 0.2) is 47.4 Å². The standard InChI is InChI=1S/C18H19F2NO4S/c1-3-12(2)21(11-13-7-5-4-6-8-13)26(24,25)16-10-14(18(22)23)9-15(19)17(16)20/h4-10,12H,3,11H2,1-2H3,(H,22,23). The number of benzene rings is 2. The van der Waals surface area contributed by atoms with Gasteiger partial charge >= 0.3 is 5.97 Å². The van der Waals surface area contributed by atoms with E-state index in [0.717, 1.165) is 4.31 Å². The fourth-order valence-corrected chi connectivity index (χ4v) is 4.24. The van der Waals surface area contributed by atoms with E-state index < -0.39 is 44.1 Å². The van der Waals surface area contributed by atoms with Crippen LogP contribution < -0.4 is 0 Å². The highest BCUT2D eigenvalue weighted by atomic mass is 32.2. The molecular weight excluding hydrogens is 364 g/mol. The van der Waals surface area contributed by atoms with E-state index in [1.54, 1.807) is 44.2 Å². The molecule has 0 aliphatic heterocycles. The Morgan fingerprint density at radius 3 is 2.35 bits per heavy atom. The third-order valence-corrected chi connectivity index (χ3v) is 6.05. The van der Waals surface area contributed by atoms with E-state index in [-0.39, 0.29) is 6.54 Å². The summed E-state index contributed by atoms with van der Waals surface area (Å²) in [5.74, 6) is -4.65. The largest absolute Gasteiger partial charge is 0.478 e. The number of sulfonamides is 1. The zero-order valence-electron chi connectivity index (χ0n) is 14.3. The SMILES string of the molecule is CCC(C)N(Cc1ccccc1)S(=O)(=O)c1cc(C(=O)O)cc(F)c1F. The summed E-state index contributed by atoms with van der Waals surface area (Å²) in [6, 6.07) is 9.29. The Bertz CT molecular complexity index is 901. The molecule has 0 fully saturated rings. The van der Waals surface area contributed by atoms with Crippen LogP contribution in [0.5, 0.6) is 0 Å². The van der Waals surface area contributed by atoms with Gasteiger partial charge in [0, 0.05) is 12.6 Å². The third-order valence-electron chi connectivity index (χ3n) is 4.09. The summed E-state index contributed by atoms with van der Waals surface area (Å²) >= 11 is 0. The van der Waals surface area contributed by atoms with Crippen LogP contribution in [0.4, 0.5) is 8.78 Å². The van der Waals surface area contributed by atoms with Crippen molar-refractivity contribution in [2.45, 2.75) is 37.8 Å². The lowest BCUT2D eigenvalue weighted by Crippen LogP contribution is -2.38. The van der Waals surface area contributed by atoms with Gasteiger partial charge in [0.25, 0.3) is 0 Å². The molecule has 0 heterocycles. The van der Waals surface area contributed by atoms with Gasteiger partial charge in [-0.25, -0.2) is 22.0 Å². The second-order valence-electron chi connectivity index (χ2n) is 5.87. The molecule has 26 heavy (non-hydrogen) atoms. The lowest BCUT2D eigenvalue weighted by molar-refractivity contribution is 0.0696. The molecule has 0 amide bonds. The summed E-state index contributed by atoms with van der Waals surface area (Å²) in [6.45, 7) is 3.37. The fraction of sp³-hybridized carbons (Fsp3) is 0.278. The fourth-order valence-electron chi connectivity index (χ4n) is 2.45. The molecule has 0 bridgehead atoms. The normalized spacial score (nSPS) is 13.0. The van der Waals surface area contributed by atoms with Crippen LogP contribution in [0.2, 0.25) is 0 Å². The first-order valence-corrected chi connectivity index (χ1v) is 9.40. The summed E-state index contributed by atoms with van der Waals surface area (Å²) in [4.78, 5) is 10.1. The van der Waals surface area contributed by atoms with E-state index >= 15 is 0 Å². The maximum Gasteiger partial charge on any atom is 0.335 e. The van der Waals surface area contributed by atoms with Crippen molar-refractivity contribution in [3.8, 4) is 0 Å². The lowest BCUT2D eigenvalue weighted by Gasteiger charge is -2.28. The summed E-state index contributed by atoms with van der Waals surface area (Å²) in [7, 11) is -4.46. The molecule has 1 atom stereocenters. The first-order valence-electron chi connectivity index (χ1n) is 7.96. The molecule has 1 N–H and O–H groups in total. The quantitative estimate of drug-likeness (QED) is 0.792. The highest BCUT2D eigenvalue weighted by molar-refractivity contribution is 7.89. The van der Waals surface area contributed by atoms with Gasteiger partial charge in [-0.2, -0.15) is 4.31 Å². The Labute approximate surface area is 150 Å². The molecular formula is C18H19F2NO4S. The van der Waals surface area contributed by atoms with E-state index in [2.05, 4.69) is 0 Å². The molecule has 0 spiro atoms. The number of rotatable bonds is 7. The average molecular weight is 383 g/mol. The number of carboxylic acid groups (broad SMARTS) is 1. The van der Waals surface area contributed by atoms with Crippen LogP contribution in [0.25, 0.3) is 0 Å². The summed E-state index contributed by atoms with van der Waals surface area (Å²) in [5, 5.41) is 9.02. The van der Waals surface area contributed by atoms with Gasteiger partial charge in [-0.15, -0.1) is 0 Å². The maximum atomic E-state index is 14.2. The van der Waals surface area contributed by atoms with Crippen molar-refractivity contribution in [2.75, 3.05) is 0 Å². The summed E-state index contributed by atoms with van der Waals surface area (Å²) in [5.41, 5.74) is 0.0398. The van der Waals surface area contributed by atoms with E-state index in [1.165, 1.54) is 0 Å². The predicted octanol–water partition coefficient (Wildman–Crippen LogP) is 3.65. The molecule has 1 unspecified atom stereocenters. The van der Waals surface area contributed by atoms with Crippen molar-refractivity contribution in [3.05, 3.63) is 65.2 Å². The summed E-state index contributed by atoms with van der Waals surface area (Å²) in [6.07, 6.45) is 0.439. The predicted molar refractivity (Wildman–Crippen MR) is 92.2 cm³/mol. The highest BCUT2D eigenvalue weighted by Gasteiger charge is 2.33. The Balaban J connectivity index is 2.58. The van der Waals surface area contributed by atoms with Gasteiger partial charge in [0.05, 0.1) is 5.56 Å². The highest BCUT2D eigenvalue weighted by Crippen LogP contribution is 2.27. The van der Waals surface area contributed by atoms with Gasteiger partial charge in [-0.1, -0.05) is 37.3 Å². The number of hydrogen-bond acceptors (Lipinski definition) is 3. The van der Waals surface area contributed by atoms with Crippen LogP contribution in [-0.4, -0.2) is 29.8 Å². The van der Waals surface area contributed by atoms with Gasteiger partial charge in [0.2, 0.25) is 10.0 Å². The molecule has 2 aromatic rings. The molecule has 0 aliphatic carbocycles. The van der Waals surface area contributed by atoms with Crippen molar-refractivity contribution >= 4 is 16.0 Å². The number of hydrogen-bond donors (Lipinski definition) is 1. The van der Waals surface area contributed by atoms with E-state index in [4.69, 9.17) is 5.11 Å². The molecule has 2 rings (SSSR count). The number of halogens is 2. The molecule has 8 heteroatoms. The van der Waals surface area contributed by atoms with Crippen molar-refractivity contribution < 1.29 is 27.1 Å². The van der Waals surface area contributed by atoms with Crippen LogP contribution in [0, 0.1) is 11.6 Å². The van der Waals surface area contributed by atoms with E-state index in [0.29, 0.717) is 24.1 Å². The first-order chi connectivity index (χ1) is 12.2. The third kappa shape index (κ3) is 4.08. The molecule has 0 saturated heterocycles. The van der Waals surface area contributed by atoms with Gasteiger partial charge < -0.3 is 5.11 Å². The minimum absolute atomic E-state index is 0.0451. The van der Waals surface area contributed by atoms with Crippen molar-refractivity contribution in [1.29, 1.82) is 0 Å². The minimum Gasteiger partial charge on any atom is -0.478 e. The minimum atomic E-state index is -4.46. The van der Waals surface area contributed by atoms with Gasteiger partial charge in [-0.3, -0.25) is 0 Å². The van der Waals surface area contributed by atoms with Crippen LogP contribution in [0.3, 0.4) is 0 Å². The van der Waals surface area contributed by atoms with Crippen molar-refractivity contribution in [1.82, 2.24) is 4.31 Å². The summed E-state index contributed by atoms with van der Waals surface area (Å²) < 4.78 is 55.1. The van der Waals surface area contributed by atoms with Crippen LogP contribution in [0.1, 0.15) is 36.2 Å². The number of aromatic carboxylic acids is 1. The van der Waals surface area contributed by atoms with E-state index in [1.807, 2.05) is 0 Å². The van der Waals surface area contributed by atoms with E-state index in [9.17, 15) is 22.0 Å². The second kappa shape index (κ2) is 7.92. The second-order valence-corrected chi connectivity index (χ2v) is 7.73. The molecule has 0 aromatic heterocycles. The lowest BCUT2D eigenvalue weighted by atomic mass is 10.2. The molecule has 2 aromatic carbocycles. The average Bonchev–Trinajstić information content (AvgIpc) is 2.61. The van der Waals surface area contributed by atoms with Gasteiger partial charge in [0.1, 0.15) is 4.90 Å². The number of nitrogens with zero attached hydrogens (tertiary/aromatic N) is 1. The van der Waals surface area contributed by atoms with Crippen molar-refractivity contribution in [2.24, 2.45) is 0 Å².